The summed E-state index contributed by atoms with van der Waals surface area (Å²) < 4.78 is 1.77. The molecule has 0 radical (unpaired) electrons. The predicted molar refractivity (Wildman–Crippen MR) is 51.6 cm³/mol. The van der Waals surface area contributed by atoms with E-state index in [1.54, 1.807) is 17.1 Å². The van der Waals surface area contributed by atoms with E-state index in [2.05, 4.69) is 11.9 Å². The summed E-state index contributed by atoms with van der Waals surface area (Å²) in [7, 11) is 1.85. The Balaban J connectivity index is 2.73. The van der Waals surface area contributed by atoms with Gasteiger partial charge in [-0.2, -0.15) is 0 Å². The number of rotatable bonds is 4. The van der Waals surface area contributed by atoms with Gasteiger partial charge in [-0.05, 0) is 6.42 Å². The van der Waals surface area contributed by atoms with Crippen LogP contribution >= 0.6 is 0 Å². The lowest BCUT2D eigenvalue weighted by Gasteiger charge is -2.08. The van der Waals surface area contributed by atoms with Gasteiger partial charge in [0.2, 0.25) is 0 Å². The minimum absolute atomic E-state index is 0.111. The van der Waals surface area contributed by atoms with Gasteiger partial charge >= 0.3 is 0 Å². The van der Waals surface area contributed by atoms with Crippen molar-refractivity contribution in [3.05, 3.63) is 18.2 Å². The highest BCUT2D eigenvalue weighted by Crippen LogP contribution is 2.12. The summed E-state index contributed by atoms with van der Waals surface area (Å²) in [4.78, 5) is 15.7. The topological polar surface area (TPSA) is 34.9 Å². The van der Waals surface area contributed by atoms with E-state index in [0.717, 1.165) is 12.8 Å². The molecule has 1 unspecified atom stereocenters. The number of aromatic nitrogens is 2. The fraction of sp³-hybridized carbons (Fsp3) is 0.600. The molecule has 0 fully saturated rings. The average Bonchev–Trinajstić information content (AvgIpc) is 2.50. The van der Waals surface area contributed by atoms with Crippen LogP contribution in [0.3, 0.4) is 0 Å². The first-order valence-electron chi connectivity index (χ1n) is 4.67. The molecule has 0 saturated carbocycles. The van der Waals surface area contributed by atoms with E-state index in [1.807, 2.05) is 14.0 Å². The second kappa shape index (κ2) is 4.21. The number of imidazole rings is 1. The third-order valence-corrected chi connectivity index (χ3v) is 2.24. The van der Waals surface area contributed by atoms with Crippen LogP contribution < -0.4 is 0 Å². The summed E-state index contributed by atoms with van der Waals surface area (Å²) in [6, 6.07) is 0. The van der Waals surface area contributed by atoms with E-state index >= 15 is 0 Å². The molecule has 0 aliphatic rings. The molecule has 1 rings (SSSR count). The van der Waals surface area contributed by atoms with Crippen molar-refractivity contribution >= 4 is 5.78 Å². The zero-order valence-corrected chi connectivity index (χ0v) is 8.45. The van der Waals surface area contributed by atoms with E-state index in [0.29, 0.717) is 5.69 Å². The minimum Gasteiger partial charge on any atom is -0.331 e. The smallest absolute Gasteiger partial charge is 0.183 e. The maximum Gasteiger partial charge on any atom is 0.183 e. The molecule has 0 saturated heterocycles. The quantitative estimate of drug-likeness (QED) is 0.664. The number of ketones is 1. The molecular formula is C10H16N2O. The Bertz CT molecular complexity index is 291. The molecule has 0 aliphatic carbocycles. The highest BCUT2D eigenvalue weighted by atomic mass is 16.1. The van der Waals surface area contributed by atoms with Crippen molar-refractivity contribution in [2.75, 3.05) is 0 Å². The van der Waals surface area contributed by atoms with Crippen LogP contribution in [-0.2, 0) is 7.05 Å². The molecule has 1 atom stereocenters. The summed E-state index contributed by atoms with van der Waals surface area (Å²) in [5.41, 5.74) is 0.709. The van der Waals surface area contributed by atoms with E-state index in [4.69, 9.17) is 0 Å². The molecule has 3 heteroatoms. The van der Waals surface area contributed by atoms with Crippen LogP contribution in [0.2, 0.25) is 0 Å². The van der Waals surface area contributed by atoms with Gasteiger partial charge < -0.3 is 4.57 Å². The van der Waals surface area contributed by atoms with Crippen LogP contribution in [0.15, 0.2) is 12.5 Å². The minimum atomic E-state index is 0.111. The maximum atomic E-state index is 11.8. The molecule has 0 N–H and O–H groups in total. The van der Waals surface area contributed by atoms with Gasteiger partial charge in [-0.3, -0.25) is 4.79 Å². The Hall–Kier alpha value is -1.12. The summed E-state index contributed by atoms with van der Waals surface area (Å²) in [5, 5.41) is 0. The Labute approximate surface area is 78.8 Å². The molecule has 1 aromatic rings. The normalized spacial score (nSPS) is 12.8. The van der Waals surface area contributed by atoms with Crippen LogP contribution in [0.1, 0.15) is 37.2 Å². The van der Waals surface area contributed by atoms with E-state index in [9.17, 15) is 4.79 Å². The first-order chi connectivity index (χ1) is 6.16. The molecule has 0 amide bonds. The van der Waals surface area contributed by atoms with Crippen molar-refractivity contribution in [1.29, 1.82) is 0 Å². The lowest BCUT2D eigenvalue weighted by atomic mass is 9.99. The van der Waals surface area contributed by atoms with Gasteiger partial charge in [0.25, 0.3) is 0 Å². The highest BCUT2D eigenvalue weighted by molar-refractivity contribution is 5.95. The Morgan fingerprint density at radius 2 is 2.38 bits per heavy atom. The fourth-order valence-electron chi connectivity index (χ4n) is 1.41. The van der Waals surface area contributed by atoms with Crippen molar-refractivity contribution in [3.63, 3.8) is 0 Å². The fourth-order valence-corrected chi connectivity index (χ4v) is 1.41. The third-order valence-electron chi connectivity index (χ3n) is 2.24. The second-order valence-electron chi connectivity index (χ2n) is 3.44. The van der Waals surface area contributed by atoms with Crippen LogP contribution in [-0.4, -0.2) is 15.3 Å². The Morgan fingerprint density at radius 3 is 2.85 bits per heavy atom. The Morgan fingerprint density at radius 1 is 1.69 bits per heavy atom. The lowest BCUT2D eigenvalue weighted by Crippen LogP contribution is -2.14. The van der Waals surface area contributed by atoms with Crippen LogP contribution in [0.25, 0.3) is 0 Å². The van der Waals surface area contributed by atoms with E-state index in [-0.39, 0.29) is 11.7 Å². The second-order valence-corrected chi connectivity index (χ2v) is 3.44. The number of Topliss-reactive ketones (excluding diaryl/α,β-unsaturated/α-hetero) is 1. The van der Waals surface area contributed by atoms with Gasteiger partial charge in [0.15, 0.2) is 5.78 Å². The summed E-state index contributed by atoms with van der Waals surface area (Å²) in [6.45, 7) is 4.06. The summed E-state index contributed by atoms with van der Waals surface area (Å²) in [5.74, 6) is 0.308. The number of nitrogens with zero attached hydrogens (tertiary/aromatic N) is 2. The number of aryl methyl sites for hydroxylation is 1. The van der Waals surface area contributed by atoms with Gasteiger partial charge in [-0.15, -0.1) is 0 Å². The van der Waals surface area contributed by atoms with Crippen molar-refractivity contribution in [2.24, 2.45) is 13.0 Å². The highest BCUT2D eigenvalue weighted by Gasteiger charge is 2.16. The molecule has 72 valence electrons. The van der Waals surface area contributed by atoms with Crippen molar-refractivity contribution in [1.82, 2.24) is 9.55 Å². The molecule has 0 bridgehead atoms. The molecule has 3 nitrogen and oxygen atoms in total. The molecule has 13 heavy (non-hydrogen) atoms. The van der Waals surface area contributed by atoms with Gasteiger partial charge in [0, 0.05) is 13.0 Å². The largest absolute Gasteiger partial charge is 0.331 e. The third kappa shape index (κ3) is 2.17. The van der Waals surface area contributed by atoms with Crippen LogP contribution in [0.5, 0.6) is 0 Å². The number of carbonyl (C=O) groups is 1. The first kappa shape index (κ1) is 9.96. The lowest BCUT2D eigenvalue weighted by molar-refractivity contribution is 0.0915. The molecule has 0 aliphatic heterocycles. The van der Waals surface area contributed by atoms with E-state index in [1.165, 1.54) is 0 Å². The zero-order valence-electron chi connectivity index (χ0n) is 8.45. The van der Waals surface area contributed by atoms with Crippen molar-refractivity contribution in [2.45, 2.75) is 26.7 Å². The standard InChI is InChI=1S/C10H16N2O/c1-4-5-8(2)10(13)9-6-11-7-12(9)3/h6-8H,4-5H2,1-3H3. The van der Waals surface area contributed by atoms with Crippen LogP contribution in [0.4, 0.5) is 0 Å². The number of carbonyl (C=O) groups excluding carboxylic acids is 1. The van der Waals surface area contributed by atoms with Crippen molar-refractivity contribution in [3.8, 4) is 0 Å². The molecule has 1 heterocycles. The van der Waals surface area contributed by atoms with Gasteiger partial charge in [-0.1, -0.05) is 20.3 Å². The Kier molecular flexibility index (Phi) is 3.23. The number of hydrogen-bond donors (Lipinski definition) is 0. The van der Waals surface area contributed by atoms with E-state index < -0.39 is 0 Å². The summed E-state index contributed by atoms with van der Waals surface area (Å²) in [6.07, 6.45) is 5.29. The zero-order chi connectivity index (χ0) is 9.84. The van der Waals surface area contributed by atoms with Crippen LogP contribution in [0, 0.1) is 5.92 Å². The average molecular weight is 180 g/mol. The first-order valence-corrected chi connectivity index (χ1v) is 4.67. The SMILES string of the molecule is CCCC(C)C(=O)c1cncn1C. The molecule has 1 aromatic heterocycles. The molecular weight excluding hydrogens is 164 g/mol. The van der Waals surface area contributed by atoms with Gasteiger partial charge in [0.1, 0.15) is 5.69 Å². The molecule has 0 spiro atoms. The monoisotopic (exact) mass is 180 g/mol. The number of hydrogen-bond acceptors (Lipinski definition) is 2. The van der Waals surface area contributed by atoms with Crippen molar-refractivity contribution < 1.29 is 4.79 Å². The molecule has 0 aromatic carbocycles. The maximum absolute atomic E-state index is 11.8. The van der Waals surface area contributed by atoms with Gasteiger partial charge in [-0.25, -0.2) is 4.98 Å². The van der Waals surface area contributed by atoms with Gasteiger partial charge in [0.05, 0.1) is 12.5 Å². The summed E-state index contributed by atoms with van der Waals surface area (Å²) >= 11 is 0. The predicted octanol–water partition coefficient (Wildman–Crippen LogP) is 2.04.